The summed E-state index contributed by atoms with van der Waals surface area (Å²) in [6.45, 7) is 0. The molecule has 0 aromatic rings. The third-order valence-electron chi connectivity index (χ3n) is 2.10. The summed E-state index contributed by atoms with van der Waals surface area (Å²) in [6, 6.07) is 0. The Balaban J connectivity index is 2.49. The molecule has 0 bridgehead atoms. The Morgan fingerprint density at radius 3 is 2.20 bits per heavy atom. The quantitative estimate of drug-likeness (QED) is 0.574. The molecule has 0 aromatic carbocycles. The van der Waals surface area contributed by atoms with Gasteiger partial charge in [0.15, 0.2) is 0 Å². The molecule has 2 radical (unpaired) electrons. The normalized spacial score (nSPS) is 33.2. The summed E-state index contributed by atoms with van der Waals surface area (Å²) in [7, 11) is 0. The van der Waals surface area contributed by atoms with Crippen molar-refractivity contribution >= 4 is 12.5 Å². The maximum absolute atomic E-state index is 10.3. The van der Waals surface area contributed by atoms with Crippen LogP contribution in [0.5, 0.6) is 0 Å². The van der Waals surface area contributed by atoms with E-state index in [2.05, 4.69) is 6.21 Å². The summed E-state index contributed by atoms with van der Waals surface area (Å²) in [5, 5.41) is 6.90. The summed E-state index contributed by atoms with van der Waals surface area (Å²) < 4.78 is 0. The van der Waals surface area contributed by atoms with Gasteiger partial charge in [0, 0.05) is 11.8 Å². The molecule has 2 atom stereocenters. The third kappa shape index (κ3) is 1.43. The van der Waals surface area contributed by atoms with E-state index in [1.165, 1.54) is 0 Å². The molecule has 0 aliphatic heterocycles. The fourth-order valence-corrected chi connectivity index (χ4v) is 1.44. The zero-order valence-corrected chi connectivity index (χ0v) is 5.89. The van der Waals surface area contributed by atoms with Gasteiger partial charge >= 0.3 is 0 Å². The highest BCUT2D eigenvalue weighted by atomic mass is 16.1. The van der Waals surface area contributed by atoms with Gasteiger partial charge in [-0.05, 0) is 12.8 Å². The fourth-order valence-electron chi connectivity index (χ4n) is 1.44. The first kappa shape index (κ1) is 7.45. The molecular formula is C8H11NO. The maximum Gasteiger partial charge on any atom is 0.202 e. The Morgan fingerprint density at radius 1 is 1.20 bits per heavy atom. The van der Waals surface area contributed by atoms with E-state index >= 15 is 0 Å². The van der Waals surface area contributed by atoms with E-state index in [1.807, 2.05) is 6.29 Å². The van der Waals surface area contributed by atoms with Gasteiger partial charge < -0.3 is 5.41 Å². The molecule has 0 amide bonds. The monoisotopic (exact) mass is 137 g/mol. The van der Waals surface area contributed by atoms with Gasteiger partial charge in [0.05, 0.1) is 6.21 Å². The van der Waals surface area contributed by atoms with Crippen LogP contribution in [0.4, 0.5) is 0 Å². The van der Waals surface area contributed by atoms with Crippen LogP contribution in [-0.2, 0) is 4.79 Å². The van der Waals surface area contributed by atoms with Crippen molar-refractivity contribution in [1.82, 2.24) is 0 Å². The van der Waals surface area contributed by atoms with Crippen LogP contribution in [-0.4, -0.2) is 12.5 Å². The largest absolute Gasteiger partial charge is 0.303 e. The number of rotatable bonds is 2. The van der Waals surface area contributed by atoms with Crippen molar-refractivity contribution < 1.29 is 4.79 Å². The lowest BCUT2D eigenvalue weighted by molar-refractivity contribution is 0.364. The van der Waals surface area contributed by atoms with E-state index < -0.39 is 0 Å². The van der Waals surface area contributed by atoms with Gasteiger partial charge in [0.25, 0.3) is 0 Å². The highest BCUT2D eigenvalue weighted by Crippen LogP contribution is 2.26. The first-order valence-electron chi connectivity index (χ1n) is 3.68. The Bertz CT molecular complexity index is 117. The topological polar surface area (TPSA) is 40.9 Å². The van der Waals surface area contributed by atoms with Crippen molar-refractivity contribution in [3.05, 3.63) is 0 Å². The van der Waals surface area contributed by atoms with Crippen molar-refractivity contribution in [2.24, 2.45) is 11.8 Å². The molecule has 2 heteroatoms. The molecule has 1 aliphatic carbocycles. The molecule has 0 aromatic heterocycles. The second-order valence-electron chi connectivity index (χ2n) is 2.76. The Hall–Kier alpha value is -0.660. The predicted molar refractivity (Wildman–Crippen MR) is 38.9 cm³/mol. The lowest BCUT2D eigenvalue weighted by Gasteiger charge is -2.22. The van der Waals surface area contributed by atoms with Crippen molar-refractivity contribution in [2.75, 3.05) is 0 Å². The molecule has 1 fully saturated rings. The van der Waals surface area contributed by atoms with E-state index in [0.29, 0.717) is 0 Å². The summed E-state index contributed by atoms with van der Waals surface area (Å²) in [6.07, 6.45) is 8.46. The van der Waals surface area contributed by atoms with Crippen LogP contribution in [0.25, 0.3) is 0 Å². The van der Waals surface area contributed by atoms with Gasteiger partial charge in [-0.15, -0.1) is 0 Å². The molecule has 1 saturated carbocycles. The van der Waals surface area contributed by atoms with Gasteiger partial charge in [0.2, 0.25) is 6.29 Å². The van der Waals surface area contributed by atoms with E-state index in [-0.39, 0.29) is 11.8 Å². The van der Waals surface area contributed by atoms with E-state index in [4.69, 9.17) is 5.41 Å². The van der Waals surface area contributed by atoms with Crippen LogP contribution in [0.15, 0.2) is 0 Å². The molecule has 10 heavy (non-hydrogen) atoms. The zero-order valence-electron chi connectivity index (χ0n) is 5.89. The molecule has 2 unspecified atom stereocenters. The van der Waals surface area contributed by atoms with Crippen LogP contribution in [0.1, 0.15) is 25.7 Å². The molecule has 2 nitrogen and oxygen atoms in total. The summed E-state index contributed by atoms with van der Waals surface area (Å²) in [5.41, 5.74) is 0. The van der Waals surface area contributed by atoms with E-state index in [1.54, 1.807) is 0 Å². The second-order valence-corrected chi connectivity index (χ2v) is 2.76. The summed E-state index contributed by atoms with van der Waals surface area (Å²) in [5.74, 6) is 0.0255. The van der Waals surface area contributed by atoms with E-state index in [9.17, 15) is 4.79 Å². The van der Waals surface area contributed by atoms with Crippen LogP contribution in [0, 0.1) is 17.2 Å². The summed E-state index contributed by atoms with van der Waals surface area (Å²) in [4.78, 5) is 10.3. The van der Waals surface area contributed by atoms with Gasteiger partial charge in [-0.3, -0.25) is 4.79 Å². The average Bonchev–Trinajstić information content (AvgIpc) is 2.04. The van der Waals surface area contributed by atoms with Crippen LogP contribution >= 0.6 is 0 Å². The van der Waals surface area contributed by atoms with Crippen molar-refractivity contribution in [3.8, 4) is 0 Å². The first-order chi connectivity index (χ1) is 4.88. The lowest BCUT2D eigenvalue weighted by atomic mass is 9.81. The highest BCUT2D eigenvalue weighted by molar-refractivity contribution is 5.66. The molecule has 0 heterocycles. The smallest absolute Gasteiger partial charge is 0.202 e. The molecule has 0 spiro atoms. The van der Waals surface area contributed by atoms with Crippen molar-refractivity contribution in [2.45, 2.75) is 25.7 Å². The lowest BCUT2D eigenvalue weighted by Crippen LogP contribution is -2.21. The maximum atomic E-state index is 10.3. The fraction of sp³-hybridized carbons (Fsp3) is 0.750. The van der Waals surface area contributed by atoms with Crippen LogP contribution in [0.2, 0.25) is 0 Å². The van der Waals surface area contributed by atoms with Gasteiger partial charge in [-0.25, -0.2) is 0 Å². The predicted octanol–water partition coefficient (Wildman–Crippen LogP) is 1.43. The molecular weight excluding hydrogens is 126 g/mol. The van der Waals surface area contributed by atoms with Gasteiger partial charge in [0.1, 0.15) is 0 Å². The minimum atomic E-state index is -0.0359. The van der Waals surface area contributed by atoms with Crippen LogP contribution < -0.4 is 0 Å². The number of nitrogens with one attached hydrogen (secondary N) is 1. The third-order valence-corrected chi connectivity index (χ3v) is 2.10. The zero-order chi connectivity index (χ0) is 7.40. The van der Waals surface area contributed by atoms with Crippen molar-refractivity contribution in [3.63, 3.8) is 0 Å². The van der Waals surface area contributed by atoms with Crippen LogP contribution in [0.3, 0.4) is 0 Å². The van der Waals surface area contributed by atoms with E-state index in [0.717, 1.165) is 25.7 Å². The summed E-state index contributed by atoms with van der Waals surface area (Å²) >= 11 is 0. The molecule has 0 saturated heterocycles. The molecule has 1 rings (SSSR count). The molecule has 54 valence electrons. The standard InChI is InChI=1S/C8H11NO/c9-5-7-3-1-2-4-8(7)6-10/h7-9H,1-4H2. The minimum Gasteiger partial charge on any atom is -0.303 e. The first-order valence-corrected chi connectivity index (χ1v) is 3.68. The average molecular weight is 137 g/mol. The molecule has 1 aliphatic rings. The number of hydrogen-bond donors (Lipinski definition) is 1. The molecule has 1 N–H and O–H groups in total. The number of hydrogen-bond acceptors (Lipinski definition) is 2. The van der Waals surface area contributed by atoms with Gasteiger partial charge in [-0.2, -0.15) is 0 Å². The highest BCUT2D eigenvalue weighted by Gasteiger charge is 2.23. The SMILES string of the molecule is N=[C]C1CCCCC1[C]=O. The second kappa shape index (κ2) is 3.49. The van der Waals surface area contributed by atoms with Gasteiger partial charge in [-0.1, -0.05) is 12.8 Å². The Morgan fingerprint density at radius 2 is 1.80 bits per heavy atom. The van der Waals surface area contributed by atoms with Crippen molar-refractivity contribution in [1.29, 1.82) is 5.41 Å². The number of carbonyl (C=O) groups excluding carboxylic acids is 1. The Labute approximate surface area is 61.1 Å². The Kier molecular flexibility index (Phi) is 2.60. The minimum absolute atomic E-state index is 0.0359.